The van der Waals surface area contributed by atoms with Gasteiger partial charge in [-0.25, -0.2) is 0 Å². The summed E-state index contributed by atoms with van der Waals surface area (Å²) in [6.07, 6.45) is 0. The summed E-state index contributed by atoms with van der Waals surface area (Å²) in [7, 11) is 0. The molecule has 0 amide bonds. The molecule has 6 nitrogen and oxygen atoms in total. The molecule has 0 aliphatic heterocycles. The van der Waals surface area contributed by atoms with E-state index in [0.29, 0.717) is 0 Å². The first-order valence-electron chi connectivity index (χ1n) is 0.730. The molecule has 0 N–H and O–H groups in total. The van der Waals surface area contributed by atoms with Crippen molar-refractivity contribution in [2.45, 2.75) is 0 Å². The van der Waals surface area contributed by atoms with Crippen molar-refractivity contribution in [1.29, 1.82) is 0 Å². The number of rotatable bonds is 0. The Balaban J connectivity index is -0.0000000400. The predicted molar refractivity (Wildman–Crippen MR) is 26.9 cm³/mol. The van der Waals surface area contributed by atoms with Gasteiger partial charge in [0.25, 0.3) is 0 Å². The number of nitrogens with zero attached hydrogens (tertiary/aromatic N) is 2. The van der Waals surface area contributed by atoms with E-state index in [2.05, 4.69) is 0 Å². The van der Waals surface area contributed by atoms with Gasteiger partial charge in [-0.3, -0.25) is 0 Å². The van der Waals surface area contributed by atoms with Gasteiger partial charge >= 0.3 is 23.9 Å². The quantitative estimate of drug-likeness (QED) is 0.309. The Morgan fingerprint density at radius 1 is 1.00 bits per heavy atom. The van der Waals surface area contributed by atoms with E-state index in [9.17, 15) is 0 Å². The van der Waals surface area contributed by atoms with Crippen LogP contribution in [0.15, 0.2) is 10.7 Å². The summed E-state index contributed by atoms with van der Waals surface area (Å²) in [5.41, 5.74) is 0. The average Bonchev–Trinajstić information content (AvgIpc) is 1.39. The normalized spacial score (nSPS) is 3.43. The van der Waals surface area contributed by atoms with Crippen molar-refractivity contribution in [3.05, 3.63) is 20.2 Å². The van der Waals surface area contributed by atoms with Crippen molar-refractivity contribution in [3.63, 3.8) is 0 Å². The molecule has 0 saturated carbocycles. The molecule has 0 heterocycles. The molecule has 0 rings (SSSR count). The molecule has 0 fully saturated rings. The van der Waals surface area contributed by atoms with E-state index in [1.165, 1.54) is 0 Å². The van der Waals surface area contributed by atoms with E-state index in [4.69, 9.17) is 20.2 Å². The van der Waals surface area contributed by atoms with Crippen molar-refractivity contribution >= 4 is 23.9 Å². The van der Waals surface area contributed by atoms with E-state index in [0.717, 1.165) is 10.7 Å². The van der Waals surface area contributed by atoms with Gasteiger partial charge < -0.3 is 20.2 Å². The Morgan fingerprint density at radius 3 is 1.00 bits per heavy atom. The zero-order valence-electron chi connectivity index (χ0n) is 3.23. The second kappa shape index (κ2) is 46.3. The van der Waals surface area contributed by atoms with E-state index < -0.39 is 0 Å². The molecule has 0 aromatic rings. The van der Waals surface area contributed by atoms with Crippen molar-refractivity contribution in [3.8, 4) is 0 Å². The molecule has 0 aromatic carbocycles. The number of hydrogen-bond donors (Lipinski definition) is 0. The van der Waals surface area contributed by atoms with Gasteiger partial charge in [-0.05, 0) is 0 Å². The molecule has 0 spiro atoms. The van der Waals surface area contributed by atoms with Gasteiger partial charge in [-0.1, -0.05) is 0 Å². The first kappa shape index (κ1) is 16.0. The summed E-state index contributed by atoms with van der Waals surface area (Å²) < 4.78 is 0. The van der Waals surface area contributed by atoms with Gasteiger partial charge in [0.1, 0.15) is 0 Å². The number of hydrogen-bond acceptors (Lipinski definition) is 6. The molecule has 0 atom stereocenters. The van der Waals surface area contributed by atoms with Crippen LogP contribution in [0.1, 0.15) is 0 Å². The Morgan fingerprint density at radius 2 is 1.00 bits per heavy atom. The van der Waals surface area contributed by atoms with Gasteiger partial charge in [-0.15, -0.1) is 10.7 Å². The van der Waals surface area contributed by atoms with Crippen LogP contribution in [0.25, 0.3) is 0 Å². The minimum atomic E-state index is 0. The Hall–Kier alpha value is -0.401. The summed E-state index contributed by atoms with van der Waals surface area (Å²) >= 11 is 0. The monoisotopic (exact) mass is 214 g/mol. The standard InChI is InChI=1S/2HNO2.Sn.2H/c2*2-1-3;;;/h2*(H,2,3);;;/q;;+2;;/p-2. The molecule has 0 aliphatic rings. The van der Waals surface area contributed by atoms with Crippen molar-refractivity contribution in [2.24, 2.45) is 10.7 Å². The Kier molecular flexibility index (Phi) is 106. The van der Waals surface area contributed by atoms with E-state index in [-0.39, 0.29) is 23.9 Å². The van der Waals surface area contributed by atoms with Crippen LogP contribution in [0.3, 0.4) is 0 Å². The van der Waals surface area contributed by atoms with Crippen molar-refractivity contribution in [1.82, 2.24) is 0 Å². The maximum atomic E-state index is 8.00. The van der Waals surface area contributed by atoms with Crippen LogP contribution in [-0.4, -0.2) is 23.9 Å². The van der Waals surface area contributed by atoms with Gasteiger partial charge in [-0.2, -0.15) is 0 Å². The van der Waals surface area contributed by atoms with Crippen LogP contribution in [0.4, 0.5) is 0 Å². The summed E-state index contributed by atoms with van der Waals surface area (Å²) in [5, 5.41) is 18.0. The molecule has 0 radical (unpaired) electrons. The van der Waals surface area contributed by atoms with E-state index in [1.807, 2.05) is 0 Å². The molecule has 7 heteroatoms. The SMILES string of the molecule is O=N[O-].O=N[O-].[SnH2+2]. The van der Waals surface area contributed by atoms with E-state index >= 15 is 0 Å². The molecule has 40 valence electrons. The van der Waals surface area contributed by atoms with Gasteiger partial charge in [0.15, 0.2) is 0 Å². The van der Waals surface area contributed by atoms with Crippen LogP contribution in [-0.2, 0) is 0 Å². The third-order valence-electron chi connectivity index (χ3n) is 0. The molecule has 0 bridgehead atoms. The first-order chi connectivity index (χ1) is 2.83. The fourth-order valence-corrected chi connectivity index (χ4v) is 0. The average molecular weight is 213 g/mol. The van der Waals surface area contributed by atoms with Crippen LogP contribution in [0, 0.1) is 20.2 Å². The molecule has 0 unspecified atom stereocenters. The second-order valence-electron chi connectivity index (χ2n) is 0.149. The summed E-state index contributed by atoms with van der Waals surface area (Å²) in [6, 6.07) is 0. The summed E-state index contributed by atoms with van der Waals surface area (Å²) in [4.78, 5) is 16.0. The van der Waals surface area contributed by atoms with Crippen LogP contribution in [0.5, 0.6) is 0 Å². The minimum absolute atomic E-state index is 0. The van der Waals surface area contributed by atoms with Crippen molar-refractivity contribution in [2.75, 3.05) is 0 Å². The molecule has 0 saturated heterocycles. The van der Waals surface area contributed by atoms with Crippen LogP contribution >= 0.6 is 0 Å². The first-order valence-corrected chi connectivity index (χ1v) is 0.730. The molecular weight excluding hydrogens is 211 g/mol. The maximum absolute atomic E-state index is 8.00. The molecule has 7 heavy (non-hydrogen) atoms. The topological polar surface area (TPSA) is 105 Å². The fourth-order valence-electron chi connectivity index (χ4n) is 0. The van der Waals surface area contributed by atoms with Gasteiger partial charge in [0, 0.05) is 0 Å². The van der Waals surface area contributed by atoms with Gasteiger partial charge in [0.05, 0.1) is 0 Å². The summed E-state index contributed by atoms with van der Waals surface area (Å²) in [5.74, 6) is 0. The second-order valence-corrected chi connectivity index (χ2v) is 0.149. The third kappa shape index (κ3) is 450. The zero-order chi connectivity index (χ0) is 5.41. The van der Waals surface area contributed by atoms with Gasteiger partial charge in [0.2, 0.25) is 0 Å². The Bertz CT molecular complexity index is 30.7. The predicted octanol–water partition coefficient (Wildman–Crippen LogP) is -0.415. The zero-order valence-corrected chi connectivity index (χ0v) is 7.27. The third-order valence-corrected chi connectivity index (χ3v) is 0. The molecular formula is H2N2O4Sn. The van der Waals surface area contributed by atoms with E-state index in [1.54, 1.807) is 0 Å². The van der Waals surface area contributed by atoms with Crippen molar-refractivity contribution < 1.29 is 0 Å². The van der Waals surface area contributed by atoms with Crippen LogP contribution < -0.4 is 0 Å². The fraction of sp³-hybridized carbons (Fsp3) is 0. The summed E-state index contributed by atoms with van der Waals surface area (Å²) in [6.45, 7) is 0. The molecule has 0 aliphatic carbocycles. The molecule has 0 aromatic heterocycles. The Labute approximate surface area is 55.3 Å². The van der Waals surface area contributed by atoms with Crippen LogP contribution in [0.2, 0.25) is 0 Å².